The summed E-state index contributed by atoms with van der Waals surface area (Å²) >= 11 is 0. The first-order valence-corrected chi connectivity index (χ1v) is 6.04. The number of rotatable bonds is 3. The first kappa shape index (κ1) is 14.2. The summed E-state index contributed by atoms with van der Waals surface area (Å²) in [7, 11) is 0. The Morgan fingerprint density at radius 3 is 2.42 bits per heavy atom. The molecule has 1 aliphatic heterocycles. The van der Waals surface area contributed by atoms with Crippen molar-refractivity contribution >= 4 is 0 Å². The van der Waals surface area contributed by atoms with Crippen LogP contribution in [0.5, 0.6) is 5.75 Å². The zero-order valence-electron chi connectivity index (χ0n) is 10.5. The van der Waals surface area contributed by atoms with Crippen molar-refractivity contribution < 1.29 is 29.9 Å². The average molecular weight is 269 g/mol. The van der Waals surface area contributed by atoms with Crippen LogP contribution in [-0.4, -0.2) is 52.6 Å². The summed E-state index contributed by atoms with van der Waals surface area (Å²) in [6, 6.07) is 6.94. The number of ether oxygens (including phenoxy) is 2. The highest BCUT2D eigenvalue weighted by molar-refractivity contribution is 5.26. The summed E-state index contributed by atoms with van der Waals surface area (Å²) < 4.78 is 10.3. The van der Waals surface area contributed by atoms with E-state index in [4.69, 9.17) is 14.6 Å². The Morgan fingerprint density at radius 2 is 1.84 bits per heavy atom. The Bertz CT molecular complexity index is 406. The van der Waals surface area contributed by atoms with Crippen LogP contribution < -0.4 is 9.84 Å². The summed E-state index contributed by atoms with van der Waals surface area (Å²) in [5, 5.41) is 40.2. The molecule has 0 spiro atoms. The van der Waals surface area contributed by atoms with E-state index in [-0.39, 0.29) is 0 Å². The molecule has 1 aliphatic rings. The van der Waals surface area contributed by atoms with E-state index in [1.165, 1.54) is 0 Å². The normalized spacial score (nSPS) is 35.1. The van der Waals surface area contributed by atoms with Gasteiger partial charge in [0.15, 0.2) is 0 Å². The molecule has 0 saturated carbocycles. The van der Waals surface area contributed by atoms with Crippen LogP contribution >= 0.6 is 0 Å². The van der Waals surface area contributed by atoms with Gasteiger partial charge in [0.25, 0.3) is 0 Å². The Labute approximate surface area is 110 Å². The van der Waals surface area contributed by atoms with Gasteiger partial charge < -0.3 is 29.9 Å². The van der Waals surface area contributed by atoms with Crippen LogP contribution in [0.25, 0.3) is 0 Å². The van der Waals surface area contributed by atoms with Gasteiger partial charge in [-0.15, -0.1) is 0 Å². The lowest BCUT2D eigenvalue weighted by Crippen LogP contribution is -2.64. The average Bonchev–Trinajstić information content (AvgIpc) is 2.41. The first-order valence-electron chi connectivity index (χ1n) is 6.04. The molecule has 0 aliphatic carbocycles. The van der Waals surface area contributed by atoms with Crippen molar-refractivity contribution in [1.29, 1.82) is 0 Å². The highest BCUT2D eigenvalue weighted by atomic mass is 16.7. The lowest BCUT2D eigenvalue weighted by atomic mass is 9.99. The molecule has 6 heteroatoms. The fourth-order valence-corrected chi connectivity index (χ4v) is 1.96. The summed E-state index contributed by atoms with van der Waals surface area (Å²) in [5.74, 6) is 0.411. The predicted molar refractivity (Wildman–Crippen MR) is 63.4 cm³/mol. The second-order valence-electron chi connectivity index (χ2n) is 4.60. The second kappa shape index (κ2) is 5.85. The van der Waals surface area contributed by atoms with E-state index in [1.807, 2.05) is 6.92 Å². The standard InChI is InChI=1S/C13H17O6/c1-7-2-4-8(5-3-7)18-12-11(16)10(15)9(6-14)19-13(12)17/h2-5,9-16H,6H2,1H3/q-1/t9-,10-,11+,12-,13-/m1/s1. The summed E-state index contributed by atoms with van der Waals surface area (Å²) in [5.41, 5.74) is 1.03. The van der Waals surface area contributed by atoms with Crippen LogP contribution in [0, 0.1) is 6.92 Å². The third-order valence-electron chi connectivity index (χ3n) is 3.12. The molecule has 1 heterocycles. The molecule has 0 aromatic heterocycles. The molecule has 1 fully saturated rings. The topological polar surface area (TPSA) is 102 Å². The molecular formula is C13H17O6-. The third kappa shape index (κ3) is 3.05. The molecular weight excluding hydrogens is 252 g/mol. The van der Waals surface area contributed by atoms with Gasteiger partial charge in [-0.05, 0) is 19.1 Å². The number of aryl methyl sites for hydroxylation is 1. The van der Waals surface area contributed by atoms with Crippen LogP contribution in [0.3, 0.4) is 0 Å². The lowest BCUT2D eigenvalue weighted by molar-refractivity contribution is -0.530. The third-order valence-corrected chi connectivity index (χ3v) is 3.12. The number of benzene rings is 1. The van der Waals surface area contributed by atoms with Crippen LogP contribution in [0.1, 0.15) is 5.56 Å². The maximum Gasteiger partial charge on any atom is 0.138 e. The molecule has 0 radical (unpaired) electrons. The van der Waals surface area contributed by atoms with Gasteiger partial charge in [0.2, 0.25) is 0 Å². The van der Waals surface area contributed by atoms with E-state index in [2.05, 4.69) is 0 Å². The molecule has 1 aromatic carbocycles. The van der Waals surface area contributed by atoms with Gasteiger partial charge >= 0.3 is 0 Å². The van der Waals surface area contributed by atoms with E-state index in [0.717, 1.165) is 5.56 Å². The van der Waals surface area contributed by atoms with Gasteiger partial charge in [0.1, 0.15) is 30.2 Å². The van der Waals surface area contributed by atoms with Crippen LogP contribution in [-0.2, 0) is 4.74 Å². The Hall–Kier alpha value is -1.18. The number of aliphatic hydroxyl groups is 3. The van der Waals surface area contributed by atoms with Crippen LogP contribution in [0.2, 0.25) is 0 Å². The fraction of sp³-hybridized carbons (Fsp3) is 0.538. The first-order chi connectivity index (χ1) is 9.02. The van der Waals surface area contributed by atoms with Crippen molar-refractivity contribution in [3.63, 3.8) is 0 Å². The molecule has 5 atom stereocenters. The van der Waals surface area contributed by atoms with Crippen molar-refractivity contribution in [1.82, 2.24) is 0 Å². The molecule has 2 rings (SSSR count). The van der Waals surface area contributed by atoms with Gasteiger partial charge in [-0.2, -0.15) is 0 Å². The number of aliphatic hydroxyl groups excluding tert-OH is 3. The minimum Gasteiger partial charge on any atom is -0.828 e. The fourth-order valence-electron chi connectivity index (χ4n) is 1.96. The quantitative estimate of drug-likeness (QED) is 0.620. The highest BCUT2D eigenvalue weighted by Gasteiger charge is 2.41. The highest BCUT2D eigenvalue weighted by Crippen LogP contribution is 2.23. The van der Waals surface area contributed by atoms with E-state index in [0.29, 0.717) is 5.75 Å². The summed E-state index contributed by atoms with van der Waals surface area (Å²) in [4.78, 5) is 0. The summed E-state index contributed by atoms with van der Waals surface area (Å²) in [6.07, 6.45) is -6.74. The predicted octanol–water partition coefficient (Wildman–Crippen LogP) is -1.46. The summed E-state index contributed by atoms with van der Waals surface area (Å²) in [6.45, 7) is 1.38. The Kier molecular flexibility index (Phi) is 4.38. The minimum absolute atomic E-state index is 0.411. The van der Waals surface area contributed by atoms with Crippen molar-refractivity contribution in [3.8, 4) is 5.75 Å². The van der Waals surface area contributed by atoms with Gasteiger partial charge in [-0.25, -0.2) is 0 Å². The molecule has 3 N–H and O–H groups in total. The van der Waals surface area contributed by atoms with E-state index in [9.17, 15) is 15.3 Å². The van der Waals surface area contributed by atoms with E-state index < -0.39 is 37.3 Å². The van der Waals surface area contributed by atoms with Crippen LogP contribution in [0.15, 0.2) is 24.3 Å². The molecule has 1 aromatic rings. The Balaban J connectivity index is 2.09. The molecule has 0 amide bonds. The number of hydrogen-bond acceptors (Lipinski definition) is 6. The van der Waals surface area contributed by atoms with Crippen molar-refractivity contribution in [3.05, 3.63) is 29.8 Å². The molecule has 0 unspecified atom stereocenters. The minimum atomic E-state index is -1.67. The lowest BCUT2D eigenvalue weighted by Gasteiger charge is -2.45. The van der Waals surface area contributed by atoms with Crippen molar-refractivity contribution in [2.24, 2.45) is 0 Å². The monoisotopic (exact) mass is 269 g/mol. The van der Waals surface area contributed by atoms with Gasteiger partial charge in [0, 0.05) is 6.29 Å². The smallest absolute Gasteiger partial charge is 0.138 e. The van der Waals surface area contributed by atoms with E-state index >= 15 is 0 Å². The largest absolute Gasteiger partial charge is 0.828 e. The zero-order valence-corrected chi connectivity index (χ0v) is 10.5. The molecule has 1 saturated heterocycles. The zero-order chi connectivity index (χ0) is 14.0. The molecule has 0 bridgehead atoms. The van der Waals surface area contributed by atoms with Crippen molar-refractivity contribution in [2.75, 3.05) is 6.61 Å². The SMILES string of the molecule is Cc1ccc(O[C@@H]2[C@@H](O)[C@H](O)[C@@H](CO)O[C@H]2[O-])cc1. The maximum absolute atomic E-state index is 11.7. The molecule has 6 nitrogen and oxygen atoms in total. The Morgan fingerprint density at radius 1 is 1.21 bits per heavy atom. The van der Waals surface area contributed by atoms with Crippen LogP contribution in [0.4, 0.5) is 0 Å². The van der Waals surface area contributed by atoms with Gasteiger partial charge in [-0.3, -0.25) is 0 Å². The van der Waals surface area contributed by atoms with Gasteiger partial charge in [-0.1, -0.05) is 17.7 Å². The molecule has 19 heavy (non-hydrogen) atoms. The van der Waals surface area contributed by atoms with E-state index in [1.54, 1.807) is 24.3 Å². The van der Waals surface area contributed by atoms with Crippen molar-refractivity contribution in [2.45, 2.75) is 37.6 Å². The maximum atomic E-state index is 11.7. The second-order valence-corrected chi connectivity index (χ2v) is 4.60. The number of hydrogen-bond donors (Lipinski definition) is 3. The van der Waals surface area contributed by atoms with Gasteiger partial charge in [0.05, 0.1) is 6.61 Å². The molecule has 106 valence electrons.